The molecule has 0 bridgehead atoms. The van der Waals surface area contributed by atoms with Crippen LogP contribution in [0.5, 0.6) is 0 Å². The summed E-state index contributed by atoms with van der Waals surface area (Å²) >= 11 is 3.28. The van der Waals surface area contributed by atoms with Crippen LogP contribution in [0.15, 0.2) is 22.7 Å². The van der Waals surface area contributed by atoms with Crippen LogP contribution in [0.1, 0.15) is 18.4 Å². The standard InChI is InChI=1S/C13H18BrFN2/c1-16-12-4-6-17(7-5-12)9-10-2-3-11(14)8-13(10)15/h2-3,8,12,16H,4-7,9H2,1H3. The predicted octanol–water partition coefficient (Wildman–Crippen LogP) is 2.77. The normalized spacial score (nSPS) is 18.5. The van der Waals surface area contributed by atoms with E-state index < -0.39 is 0 Å². The number of hydrogen-bond donors (Lipinski definition) is 1. The highest BCUT2D eigenvalue weighted by molar-refractivity contribution is 9.10. The minimum atomic E-state index is -0.116. The molecule has 1 saturated heterocycles. The first kappa shape index (κ1) is 13.0. The van der Waals surface area contributed by atoms with Crippen molar-refractivity contribution < 1.29 is 4.39 Å². The van der Waals surface area contributed by atoms with E-state index >= 15 is 0 Å². The first-order valence-corrected chi connectivity index (χ1v) is 6.82. The fourth-order valence-corrected chi connectivity index (χ4v) is 2.60. The number of halogens is 2. The maximum absolute atomic E-state index is 13.7. The topological polar surface area (TPSA) is 15.3 Å². The van der Waals surface area contributed by atoms with Crippen LogP contribution in [0.3, 0.4) is 0 Å². The zero-order valence-electron chi connectivity index (χ0n) is 10.0. The lowest BCUT2D eigenvalue weighted by Gasteiger charge is -2.31. The SMILES string of the molecule is CNC1CCN(Cc2ccc(Br)cc2F)CC1. The van der Waals surface area contributed by atoms with Crippen LogP contribution in [0.4, 0.5) is 4.39 Å². The largest absolute Gasteiger partial charge is 0.317 e. The van der Waals surface area contributed by atoms with E-state index in [-0.39, 0.29) is 5.82 Å². The second-order valence-corrected chi connectivity index (χ2v) is 5.49. The van der Waals surface area contributed by atoms with Gasteiger partial charge in [-0.2, -0.15) is 0 Å². The molecular formula is C13H18BrFN2. The van der Waals surface area contributed by atoms with Crippen molar-refractivity contribution in [3.63, 3.8) is 0 Å². The maximum atomic E-state index is 13.7. The van der Waals surface area contributed by atoms with Gasteiger partial charge in [0.1, 0.15) is 5.82 Å². The van der Waals surface area contributed by atoms with Gasteiger partial charge in [0.15, 0.2) is 0 Å². The van der Waals surface area contributed by atoms with Crippen LogP contribution in [0, 0.1) is 5.82 Å². The molecule has 1 aliphatic heterocycles. The number of benzene rings is 1. The fraction of sp³-hybridized carbons (Fsp3) is 0.538. The van der Waals surface area contributed by atoms with E-state index in [0.29, 0.717) is 6.04 Å². The summed E-state index contributed by atoms with van der Waals surface area (Å²) in [5, 5.41) is 3.30. The third kappa shape index (κ3) is 3.50. The smallest absolute Gasteiger partial charge is 0.128 e. The van der Waals surface area contributed by atoms with Crippen molar-refractivity contribution in [2.24, 2.45) is 0 Å². The Kier molecular flexibility index (Phi) is 4.54. The van der Waals surface area contributed by atoms with Gasteiger partial charge in [0.05, 0.1) is 0 Å². The third-order valence-corrected chi connectivity index (χ3v) is 3.90. The molecule has 1 fully saturated rings. The van der Waals surface area contributed by atoms with Crippen LogP contribution in [0.2, 0.25) is 0 Å². The highest BCUT2D eigenvalue weighted by Gasteiger charge is 2.18. The highest BCUT2D eigenvalue weighted by Crippen LogP contribution is 2.19. The van der Waals surface area contributed by atoms with Gasteiger partial charge in [-0.3, -0.25) is 4.90 Å². The molecule has 1 heterocycles. The summed E-state index contributed by atoms with van der Waals surface area (Å²) < 4.78 is 14.5. The minimum Gasteiger partial charge on any atom is -0.317 e. The molecule has 2 nitrogen and oxygen atoms in total. The number of nitrogens with one attached hydrogen (secondary N) is 1. The number of rotatable bonds is 3. The van der Waals surface area contributed by atoms with E-state index in [1.807, 2.05) is 19.2 Å². The Labute approximate surface area is 110 Å². The van der Waals surface area contributed by atoms with Crippen molar-refractivity contribution in [3.05, 3.63) is 34.1 Å². The first-order valence-electron chi connectivity index (χ1n) is 6.02. The number of piperidine rings is 1. The Bertz CT molecular complexity index is 376. The van der Waals surface area contributed by atoms with Crippen molar-refractivity contribution in [2.45, 2.75) is 25.4 Å². The highest BCUT2D eigenvalue weighted by atomic mass is 79.9. The van der Waals surface area contributed by atoms with Gasteiger partial charge >= 0.3 is 0 Å². The molecule has 2 rings (SSSR count). The molecule has 4 heteroatoms. The zero-order valence-corrected chi connectivity index (χ0v) is 11.6. The Morgan fingerprint density at radius 1 is 1.41 bits per heavy atom. The Balaban J connectivity index is 1.93. The summed E-state index contributed by atoms with van der Waals surface area (Å²) in [6, 6.07) is 5.93. The lowest BCUT2D eigenvalue weighted by atomic mass is 10.0. The van der Waals surface area contributed by atoms with Gasteiger partial charge in [-0.05, 0) is 45.1 Å². The summed E-state index contributed by atoms with van der Waals surface area (Å²) in [6.07, 6.45) is 2.29. The van der Waals surface area contributed by atoms with E-state index in [1.54, 1.807) is 0 Å². The number of nitrogens with zero attached hydrogens (tertiary/aromatic N) is 1. The third-order valence-electron chi connectivity index (χ3n) is 3.40. The summed E-state index contributed by atoms with van der Waals surface area (Å²) in [6.45, 7) is 2.80. The Morgan fingerprint density at radius 3 is 2.71 bits per heavy atom. The van der Waals surface area contributed by atoms with Gasteiger partial charge in [-0.25, -0.2) is 4.39 Å². The van der Waals surface area contributed by atoms with Crippen LogP contribution >= 0.6 is 15.9 Å². The molecule has 0 aliphatic carbocycles. The second-order valence-electron chi connectivity index (χ2n) is 4.57. The molecule has 0 saturated carbocycles. The second kappa shape index (κ2) is 5.94. The summed E-state index contributed by atoms with van der Waals surface area (Å²) in [5.74, 6) is -0.116. The van der Waals surface area contributed by atoms with Gasteiger partial charge < -0.3 is 5.32 Å². The van der Waals surface area contributed by atoms with Crippen molar-refractivity contribution in [1.82, 2.24) is 10.2 Å². The molecule has 0 aromatic heterocycles. The molecule has 17 heavy (non-hydrogen) atoms. The van der Waals surface area contributed by atoms with Crippen LogP contribution < -0.4 is 5.32 Å². The number of hydrogen-bond acceptors (Lipinski definition) is 2. The zero-order chi connectivity index (χ0) is 12.3. The minimum absolute atomic E-state index is 0.116. The van der Waals surface area contributed by atoms with Crippen molar-refractivity contribution in [2.75, 3.05) is 20.1 Å². The predicted molar refractivity (Wildman–Crippen MR) is 71.5 cm³/mol. The van der Waals surface area contributed by atoms with E-state index in [1.165, 1.54) is 6.07 Å². The van der Waals surface area contributed by atoms with Gasteiger partial charge in [-0.1, -0.05) is 22.0 Å². The lowest BCUT2D eigenvalue weighted by molar-refractivity contribution is 0.192. The average molecular weight is 301 g/mol. The molecule has 0 radical (unpaired) electrons. The van der Waals surface area contributed by atoms with Gasteiger partial charge in [0.25, 0.3) is 0 Å². The van der Waals surface area contributed by atoms with Crippen molar-refractivity contribution >= 4 is 15.9 Å². The summed E-state index contributed by atoms with van der Waals surface area (Å²) in [4.78, 5) is 2.32. The average Bonchev–Trinajstić information content (AvgIpc) is 2.34. The molecule has 1 aromatic carbocycles. The molecular weight excluding hydrogens is 283 g/mol. The van der Waals surface area contributed by atoms with Crippen molar-refractivity contribution in [1.29, 1.82) is 0 Å². The quantitative estimate of drug-likeness (QED) is 0.923. The molecule has 1 aromatic rings. The molecule has 94 valence electrons. The fourth-order valence-electron chi connectivity index (χ4n) is 2.27. The molecule has 1 aliphatic rings. The Hall–Kier alpha value is -0.450. The van der Waals surface area contributed by atoms with Crippen molar-refractivity contribution in [3.8, 4) is 0 Å². The van der Waals surface area contributed by atoms with Crippen LogP contribution in [-0.2, 0) is 6.54 Å². The van der Waals surface area contributed by atoms with E-state index in [2.05, 4.69) is 26.1 Å². The molecule has 1 N–H and O–H groups in total. The van der Waals surface area contributed by atoms with E-state index in [0.717, 1.165) is 42.5 Å². The monoisotopic (exact) mass is 300 g/mol. The van der Waals surface area contributed by atoms with Gasteiger partial charge in [0.2, 0.25) is 0 Å². The van der Waals surface area contributed by atoms with Gasteiger partial charge in [0, 0.05) is 22.6 Å². The maximum Gasteiger partial charge on any atom is 0.128 e. The van der Waals surface area contributed by atoms with E-state index in [4.69, 9.17) is 0 Å². The molecule has 0 spiro atoms. The Morgan fingerprint density at radius 2 is 2.12 bits per heavy atom. The number of likely N-dealkylation sites (tertiary alicyclic amines) is 1. The molecule has 0 unspecified atom stereocenters. The van der Waals surface area contributed by atoms with Gasteiger partial charge in [-0.15, -0.1) is 0 Å². The van der Waals surface area contributed by atoms with Crippen LogP contribution in [-0.4, -0.2) is 31.1 Å². The summed E-state index contributed by atoms with van der Waals surface area (Å²) in [7, 11) is 2.01. The summed E-state index contributed by atoms with van der Waals surface area (Å²) in [5.41, 5.74) is 0.788. The lowest BCUT2D eigenvalue weighted by Crippen LogP contribution is -2.40. The molecule has 0 atom stereocenters. The van der Waals surface area contributed by atoms with E-state index in [9.17, 15) is 4.39 Å². The first-order chi connectivity index (χ1) is 8.19. The molecule has 0 amide bonds. The van der Waals surface area contributed by atoms with Crippen LogP contribution in [0.25, 0.3) is 0 Å².